The van der Waals surface area contributed by atoms with Crippen LogP contribution in [0.4, 0.5) is 5.69 Å². The van der Waals surface area contributed by atoms with Gasteiger partial charge >= 0.3 is 5.69 Å². The summed E-state index contributed by atoms with van der Waals surface area (Å²) >= 11 is 0. The minimum atomic E-state index is -1.02. The average Bonchev–Trinajstić information content (AvgIpc) is 3.06. The predicted molar refractivity (Wildman–Crippen MR) is 109 cm³/mol. The lowest BCUT2D eigenvalue weighted by Crippen LogP contribution is -2.51. The second-order valence-corrected chi connectivity index (χ2v) is 7.86. The molecule has 9 nitrogen and oxygen atoms in total. The van der Waals surface area contributed by atoms with E-state index in [1.165, 1.54) is 4.57 Å². The number of anilines is 1. The van der Waals surface area contributed by atoms with Crippen molar-refractivity contribution in [3.05, 3.63) is 28.7 Å². The van der Waals surface area contributed by atoms with Crippen LogP contribution in [0.5, 0.6) is 0 Å². The number of para-hydroxylation sites is 1. The molecule has 2 fully saturated rings. The van der Waals surface area contributed by atoms with Crippen LogP contribution < -0.4 is 16.7 Å². The molecule has 0 unspecified atom stereocenters. The molecule has 0 bridgehead atoms. The van der Waals surface area contributed by atoms with Crippen molar-refractivity contribution in [2.45, 2.75) is 37.6 Å². The Kier molecular flexibility index (Phi) is 5.42. The number of nitrogens with one attached hydrogen (secondary N) is 2. The molecule has 4 rings (SSSR count). The van der Waals surface area contributed by atoms with E-state index < -0.39 is 11.4 Å². The highest BCUT2D eigenvalue weighted by atomic mass is 16.5. The van der Waals surface area contributed by atoms with Crippen LogP contribution in [0.15, 0.2) is 23.0 Å². The van der Waals surface area contributed by atoms with E-state index in [0.717, 1.165) is 19.3 Å². The Morgan fingerprint density at radius 2 is 1.90 bits per heavy atom. The highest BCUT2D eigenvalue weighted by Gasteiger charge is 2.42. The smallest absolute Gasteiger partial charge is 0.327 e. The number of amides is 2. The van der Waals surface area contributed by atoms with Gasteiger partial charge in [0.2, 0.25) is 11.8 Å². The normalized spacial score (nSPS) is 19.9. The van der Waals surface area contributed by atoms with Gasteiger partial charge in [-0.25, -0.2) is 4.79 Å². The van der Waals surface area contributed by atoms with E-state index in [4.69, 9.17) is 10.5 Å². The molecule has 29 heavy (non-hydrogen) atoms. The van der Waals surface area contributed by atoms with Gasteiger partial charge in [-0.3, -0.25) is 19.1 Å². The molecule has 2 amide bonds. The van der Waals surface area contributed by atoms with E-state index in [1.54, 1.807) is 18.2 Å². The lowest BCUT2D eigenvalue weighted by molar-refractivity contribution is -0.128. The molecule has 1 saturated carbocycles. The Bertz CT molecular complexity index is 967. The first-order valence-corrected chi connectivity index (χ1v) is 10.2. The number of morpholine rings is 1. The number of ether oxygens (including phenoxy) is 1. The van der Waals surface area contributed by atoms with Gasteiger partial charge < -0.3 is 20.8 Å². The third-order valence-electron chi connectivity index (χ3n) is 6.03. The molecule has 2 aromatic rings. The molecule has 0 atom stereocenters. The van der Waals surface area contributed by atoms with Gasteiger partial charge in [-0.1, -0.05) is 25.3 Å². The summed E-state index contributed by atoms with van der Waals surface area (Å²) in [4.78, 5) is 42.7. The quantitative estimate of drug-likeness (QED) is 0.682. The molecular formula is C20H27N5O4. The van der Waals surface area contributed by atoms with Gasteiger partial charge in [-0.05, 0) is 25.0 Å². The molecule has 9 heteroatoms. The summed E-state index contributed by atoms with van der Waals surface area (Å²) in [5, 5.41) is 2.90. The number of imidazole rings is 1. The van der Waals surface area contributed by atoms with Crippen molar-refractivity contribution >= 4 is 28.5 Å². The maximum atomic E-state index is 12.9. The summed E-state index contributed by atoms with van der Waals surface area (Å²) in [6, 6.07) is 5.30. The average molecular weight is 401 g/mol. The number of carbonyl (C=O) groups excluding carboxylic acids is 2. The zero-order chi connectivity index (χ0) is 20.4. The molecule has 2 heterocycles. The highest BCUT2D eigenvalue weighted by Crippen LogP contribution is 2.36. The number of rotatable bonds is 5. The lowest BCUT2D eigenvalue weighted by atomic mass is 9.80. The molecule has 0 spiro atoms. The molecule has 1 aromatic heterocycles. The Hall–Kier alpha value is -2.65. The maximum Gasteiger partial charge on any atom is 0.327 e. The molecule has 156 valence electrons. The number of aromatic nitrogens is 2. The summed E-state index contributed by atoms with van der Waals surface area (Å²) in [6.45, 7) is 2.93. The van der Waals surface area contributed by atoms with Crippen molar-refractivity contribution < 1.29 is 14.3 Å². The van der Waals surface area contributed by atoms with E-state index in [-0.39, 0.29) is 18.1 Å². The number of H-pyrrole nitrogens is 1. The van der Waals surface area contributed by atoms with Crippen LogP contribution in [0.2, 0.25) is 0 Å². The fraction of sp³-hybridized carbons (Fsp3) is 0.550. The summed E-state index contributed by atoms with van der Waals surface area (Å²) in [5.74, 6) is -0.641. The fourth-order valence-corrected chi connectivity index (χ4v) is 4.53. The monoisotopic (exact) mass is 401 g/mol. The zero-order valence-electron chi connectivity index (χ0n) is 16.4. The Balaban J connectivity index is 1.66. The van der Waals surface area contributed by atoms with Crippen molar-refractivity contribution in [1.29, 1.82) is 0 Å². The van der Waals surface area contributed by atoms with Crippen LogP contribution in [-0.4, -0.2) is 59.1 Å². The van der Waals surface area contributed by atoms with Gasteiger partial charge in [0.25, 0.3) is 0 Å². The van der Waals surface area contributed by atoms with Crippen LogP contribution in [0.3, 0.4) is 0 Å². The summed E-state index contributed by atoms with van der Waals surface area (Å²) in [5.41, 5.74) is 5.99. The number of primary amides is 1. The van der Waals surface area contributed by atoms with Crippen LogP contribution in [0.1, 0.15) is 32.1 Å². The summed E-state index contributed by atoms with van der Waals surface area (Å²) < 4.78 is 6.81. The van der Waals surface area contributed by atoms with E-state index in [1.807, 2.05) is 4.90 Å². The third kappa shape index (κ3) is 3.67. The first kappa shape index (κ1) is 19.7. The number of nitrogens with two attached hydrogens (primary N) is 1. The van der Waals surface area contributed by atoms with Crippen LogP contribution in [0.25, 0.3) is 11.0 Å². The van der Waals surface area contributed by atoms with Crippen LogP contribution in [0, 0.1) is 0 Å². The number of hydrogen-bond acceptors (Lipinski definition) is 5. The second kappa shape index (κ2) is 8.00. The molecule has 4 N–H and O–H groups in total. The van der Waals surface area contributed by atoms with Crippen molar-refractivity contribution in [2.24, 2.45) is 5.73 Å². The maximum absolute atomic E-state index is 12.9. The summed E-state index contributed by atoms with van der Waals surface area (Å²) in [7, 11) is 0. The van der Waals surface area contributed by atoms with E-state index >= 15 is 0 Å². The van der Waals surface area contributed by atoms with Gasteiger partial charge in [-0.15, -0.1) is 0 Å². The Morgan fingerprint density at radius 3 is 2.59 bits per heavy atom. The summed E-state index contributed by atoms with van der Waals surface area (Å²) in [6.07, 6.45) is 3.80. The van der Waals surface area contributed by atoms with Crippen molar-refractivity contribution in [1.82, 2.24) is 14.5 Å². The minimum Gasteiger partial charge on any atom is -0.379 e. The van der Waals surface area contributed by atoms with Crippen molar-refractivity contribution in [3.63, 3.8) is 0 Å². The number of nitrogens with zero attached hydrogens (tertiary/aromatic N) is 2. The van der Waals surface area contributed by atoms with Crippen LogP contribution in [-0.2, 0) is 19.9 Å². The lowest BCUT2D eigenvalue weighted by Gasteiger charge is -2.35. The topological polar surface area (TPSA) is 122 Å². The zero-order valence-corrected chi connectivity index (χ0v) is 16.4. The minimum absolute atomic E-state index is 0.157. The number of aromatic amines is 1. The number of carbonyl (C=O) groups is 2. The van der Waals surface area contributed by atoms with Gasteiger partial charge in [0.1, 0.15) is 5.54 Å². The van der Waals surface area contributed by atoms with Gasteiger partial charge in [0.05, 0.1) is 36.5 Å². The largest absolute Gasteiger partial charge is 0.379 e. The number of fused-ring (bicyclic) bond motifs is 1. The van der Waals surface area contributed by atoms with E-state index in [0.29, 0.717) is 55.9 Å². The first-order valence-electron chi connectivity index (χ1n) is 10.2. The van der Waals surface area contributed by atoms with Gasteiger partial charge in [0, 0.05) is 13.1 Å². The third-order valence-corrected chi connectivity index (χ3v) is 6.03. The highest BCUT2D eigenvalue weighted by molar-refractivity contribution is 6.00. The molecule has 1 aromatic carbocycles. The standard InChI is InChI=1S/C20H27N5O4/c21-18(27)20(7-2-1-3-8-20)25-15-6-4-5-14(17(15)23-19(25)28)22-16(26)13-24-9-11-29-12-10-24/h4-6H,1-3,7-13H2,(H2,21,27)(H,22,26)(H,23,28). The Labute approximate surface area is 168 Å². The molecule has 1 aliphatic carbocycles. The van der Waals surface area contributed by atoms with Crippen molar-refractivity contribution in [3.8, 4) is 0 Å². The van der Waals surface area contributed by atoms with E-state index in [9.17, 15) is 14.4 Å². The predicted octanol–water partition coefficient (Wildman–Crippen LogP) is 0.745. The molecule has 2 aliphatic rings. The number of benzene rings is 1. The van der Waals surface area contributed by atoms with Crippen LogP contribution >= 0.6 is 0 Å². The molecule has 1 saturated heterocycles. The van der Waals surface area contributed by atoms with Gasteiger partial charge in [0.15, 0.2) is 0 Å². The SMILES string of the molecule is NC(=O)C1(n2c(=O)[nH]c3c(NC(=O)CN4CCOCC4)cccc32)CCCCC1. The molecular weight excluding hydrogens is 374 g/mol. The first-order chi connectivity index (χ1) is 14.0. The Morgan fingerprint density at radius 1 is 1.17 bits per heavy atom. The van der Waals surface area contributed by atoms with E-state index in [2.05, 4.69) is 10.3 Å². The number of hydrogen-bond donors (Lipinski definition) is 3. The fourth-order valence-electron chi connectivity index (χ4n) is 4.53. The molecule has 0 radical (unpaired) electrons. The van der Waals surface area contributed by atoms with Crippen molar-refractivity contribution in [2.75, 3.05) is 38.2 Å². The molecule has 1 aliphatic heterocycles. The van der Waals surface area contributed by atoms with Gasteiger partial charge in [-0.2, -0.15) is 0 Å². The second-order valence-electron chi connectivity index (χ2n) is 7.86.